The summed E-state index contributed by atoms with van der Waals surface area (Å²) in [4.78, 5) is 34.5. The van der Waals surface area contributed by atoms with Crippen LogP contribution in [0.5, 0.6) is 0 Å². The largest absolute Gasteiger partial charge is 0.466 e. The van der Waals surface area contributed by atoms with Crippen LogP contribution in [0.3, 0.4) is 0 Å². The number of aryl methyl sites for hydroxylation is 1. The Morgan fingerprint density at radius 3 is 2.76 bits per heavy atom. The minimum Gasteiger partial charge on any atom is -0.466 e. The number of esters is 1. The number of ether oxygens (including phenoxy) is 1. The van der Waals surface area contributed by atoms with Crippen LogP contribution in [-0.4, -0.2) is 42.3 Å². The van der Waals surface area contributed by atoms with Gasteiger partial charge in [-0.3, -0.25) is 9.59 Å². The second kappa shape index (κ2) is 11.2. The SMILES string of the molecule is CCOC(=O)C(C)(C)Cc1cc(C2CC2)cn2cc(CN(N)/C=C(\N)C(=O)NCc3ncn4ccc(C)cc34)nc12. The summed E-state index contributed by atoms with van der Waals surface area (Å²) < 4.78 is 9.22. The van der Waals surface area contributed by atoms with E-state index < -0.39 is 11.3 Å². The molecule has 0 atom stereocenters. The molecule has 5 rings (SSSR count). The fourth-order valence-electron chi connectivity index (χ4n) is 4.98. The van der Waals surface area contributed by atoms with Crippen molar-refractivity contribution in [2.75, 3.05) is 6.61 Å². The maximum Gasteiger partial charge on any atom is 0.311 e. The number of amides is 1. The number of imidazole rings is 2. The van der Waals surface area contributed by atoms with E-state index in [9.17, 15) is 9.59 Å². The summed E-state index contributed by atoms with van der Waals surface area (Å²) in [6.45, 7) is 8.42. The third-order valence-corrected chi connectivity index (χ3v) is 7.31. The van der Waals surface area contributed by atoms with Gasteiger partial charge in [-0.2, -0.15) is 0 Å². The second-order valence-electron chi connectivity index (χ2n) is 11.4. The van der Waals surface area contributed by atoms with E-state index in [4.69, 9.17) is 21.3 Å². The molecular weight excluding hydrogens is 520 g/mol. The Balaban J connectivity index is 1.28. The number of rotatable bonds is 11. The lowest BCUT2D eigenvalue weighted by Crippen LogP contribution is -2.32. The molecule has 0 radical (unpaired) electrons. The van der Waals surface area contributed by atoms with Crippen molar-refractivity contribution in [2.45, 2.75) is 66.0 Å². The summed E-state index contributed by atoms with van der Waals surface area (Å²) >= 11 is 0. The van der Waals surface area contributed by atoms with Crippen LogP contribution in [0.1, 0.15) is 67.6 Å². The minimum atomic E-state index is -0.697. The average Bonchev–Trinajstić information content (AvgIpc) is 3.58. The number of hydrogen-bond donors (Lipinski definition) is 3. The van der Waals surface area contributed by atoms with Gasteiger partial charge in [0.1, 0.15) is 11.3 Å². The monoisotopic (exact) mass is 558 g/mol. The van der Waals surface area contributed by atoms with Crippen LogP contribution in [0, 0.1) is 12.3 Å². The molecule has 4 aromatic heterocycles. The van der Waals surface area contributed by atoms with E-state index in [2.05, 4.69) is 22.6 Å². The molecule has 4 aromatic rings. The third-order valence-electron chi connectivity index (χ3n) is 7.31. The van der Waals surface area contributed by atoms with Crippen LogP contribution in [-0.2, 0) is 33.8 Å². The molecule has 0 spiro atoms. The zero-order valence-electron chi connectivity index (χ0n) is 24.1. The van der Waals surface area contributed by atoms with Crippen molar-refractivity contribution >= 4 is 23.0 Å². The fraction of sp³-hybridized carbons (Fsp3) is 0.400. The molecular formula is C30H38N8O3. The summed E-state index contributed by atoms with van der Waals surface area (Å²) in [6, 6.07) is 6.17. The zero-order chi connectivity index (χ0) is 29.3. The van der Waals surface area contributed by atoms with E-state index in [0.717, 1.165) is 40.8 Å². The molecule has 1 saturated carbocycles. The van der Waals surface area contributed by atoms with Gasteiger partial charge in [-0.1, -0.05) is 6.07 Å². The van der Waals surface area contributed by atoms with Gasteiger partial charge in [-0.25, -0.2) is 15.8 Å². The molecule has 0 aromatic carbocycles. The van der Waals surface area contributed by atoms with Crippen molar-refractivity contribution in [1.82, 2.24) is 29.1 Å². The Labute approximate surface area is 239 Å². The van der Waals surface area contributed by atoms with Gasteiger partial charge in [-0.05, 0) is 81.7 Å². The van der Waals surface area contributed by atoms with Crippen molar-refractivity contribution < 1.29 is 14.3 Å². The molecule has 11 heteroatoms. The molecule has 11 nitrogen and oxygen atoms in total. The van der Waals surface area contributed by atoms with Gasteiger partial charge in [0.2, 0.25) is 0 Å². The van der Waals surface area contributed by atoms with Crippen LogP contribution in [0.4, 0.5) is 0 Å². The Kier molecular flexibility index (Phi) is 7.72. The zero-order valence-corrected chi connectivity index (χ0v) is 24.1. The maximum atomic E-state index is 12.7. The molecule has 1 fully saturated rings. The highest BCUT2D eigenvalue weighted by atomic mass is 16.5. The quantitative estimate of drug-likeness (QED) is 0.110. The predicted molar refractivity (Wildman–Crippen MR) is 155 cm³/mol. The van der Waals surface area contributed by atoms with Gasteiger partial charge in [0.25, 0.3) is 5.91 Å². The van der Waals surface area contributed by atoms with E-state index in [-0.39, 0.29) is 24.8 Å². The first-order valence-corrected chi connectivity index (χ1v) is 13.9. The smallest absolute Gasteiger partial charge is 0.311 e. The number of carbonyl (C=O) groups is 2. The summed E-state index contributed by atoms with van der Waals surface area (Å²) in [7, 11) is 0. The van der Waals surface area contributed by atoms with E-state index in [1.54, 1.807) is 6.33 Å². The lowest BCUT2D eigenvalue weighted by Gasteiger charge is -2.23. The fourth-order valence-corrected chi connectivity index (χ4v) is 4.98. The first kappa shape index (κ1) is 28.2. The lowest BCUT2D eigenvalue weighted by atomic mass is 9.85. The van der Waals surface area contributed by atoms with Gasteiger partial charge in [0, 0.05) is 24.8 Å². The molecule has 5 N–H and O–H groups in total. The van der Waals surface area contributed by atoms with Crippen LogP contribution in [0.25, 0.3) is 11.2 Å². The van der Waals surface area contributed by atoms with E-state index in [1.807, 2.05) is 61.0 Å². The number of hydrogen-bond acceptors (Lipinski definition) is 8. The van der Waals surface area contributed by atoms with Gasteiger partial charge in [0.05, 0.1) is 48.3 Å². The highest BCUT2D eigenvalue weighted by Gasteiger charge is 2.32. The molecule has 0 saturated heterocycles. The number of hydrazine groups is 1. The van der Waals surface area contributed by atoms with Crippen LogP contribution < -0.4 is 16.9 Å². The van der Waals surface area contributed by atoms with E-state index in [1.165, 1.54) is 16.8 Å². The molecule has 0 bridgehead atoms. The summed E-state index contributed by atoms with van der Waals surface area (Å²) in [6.07, 6.45) is 11.9. The number of aromatic nitrogens is 4. The topological polar surface area (TPSA) is 145 Å². The van der Waals surface area contributed by atoms with Gasteiger partial charge in [-0.15, -0.1) is 0 Å². The molecule has 1 aliphatic carbocycles. The molecule has 1 aliphatic rings. The summed E-state index contributed by atoms with van der Waals surface area (Å²) in [5.74, 6) is 6.08. The number of nitrogens with one attached hydrogen (secondary N) is 1. The Morgan fingerprint density at radius 1 is 1.24 bits per heavy atom. The Morgan fingerprint density at radius 2 is 2.02 bits per heavy atom. The van der Waals surface area contributed by atoms with Gasteiger partial charge >= 0.3 is 5.97 Å². The number of fused-ring (bicyclic) bond motifs is 2. The van der Waals surface area contributed by atoms with Crippen molar-refractivity contribution in [2.24, 2.45) is 17.0 Å². The van der Waals surface area contributed by atoms with Crippen molar-refractivity contribution in [3.8, 4) is 0 Å². The highest BCUT2D eigenvalue weighted by molar-refractivity contribution is 5.92. The molecule has 1 amide bonds. The first-order chi connectivity index (χ1) is 19.5. The van der Waals surface area contributed by atoms with E-state index >= 15 is 0 Å². The third kappa shape index (κ3) is 6.35. The van der Waals surface area contributed by atoms with E-state index in [0.29, 0.717) is 24.6 Å². The normalized spacial score (nSPS) is 14.0. The number of nitrogens with zero attached hydrogens (tertiary/aromatic N) is 5. The van der Waals surface area contributed by atoms with Crippen molar-refractivity contribution in [3.05, 3.63) is 83.1 Å². The number of pyridine rings is 2. The molecule has 4 heterocycles. The molecule has 0 aliphatic heterocycles. The number of carbonyl (C=O) groups excluding carboxylic acids is 2. The molecule has 0 unspecified atom stereocenters. The van der Waals surface area contributed by atoms with Crippen molar-refractivity contribution in [1.29, 1.82) is 0 Å². The standard InChI is InChI=1S/C30H38N8O3/c1-5-41-29(40)30(3,4)12-21-11-22(20-6-7-20)14-37-15-23(35-27(21)37)16-38(32)17-24(31)28(39)33-13-25-26-10-19(2)8-9-36(26)18-34-25/h8-11,14-15,17-18,20H,5-7,12-13,16,31-32H2,1-4H3,(H,33,39)/b24-17-. The Bertz CT molecular complexity index is 1630. The minimum absolute atomic E-state index is 0.0242. The summed E-state index contributed by atoms with van der Waals surface area (Å²) in [5.41, 5.74) is 11.8. The van der Waals surface area contributed by atoms with Crippen LogP contribution in [0.2, 0.25) is 0 Å². The molecule has 216 valence electrons. The Hall–Kier alpha value is -4.38. The molecule has 41 heavy (non-hydrogen) atoms. The lowest BCUT2D eigenvalue weighted by molar-refractivity contribution is -0.153. The average molecular weight is 559 g/mol. The second-order valence-corrected chi connectivity index (χ2v) is 11.4. The highest BCUT2D eigenvalue weighted by Crippen LogP contribution is 2.41. The van der Waals surface area contributed by atoms with Crippen molar-refractivity contribution in [3.63, 3.8) is 0 Å². The van der Waals surface area contributed by atoms with Crippen LogP contribution in [0.15, 0.2) is 55.0 Å². The van der Waals surface area contributed by atoms with Gasteiger partial charge < -0.3 is 29.6 Å². The van der Waals surface area contributed by atoms with Crippen LogP contribution >= 0.6 is 0 Å². The first-order valence-electron chi connectivity index (χ1n) is 13.9. The number of nitrogens with two attached hydrogens (primary N) is 2. The predicted octanol–water partition coefficient (Wildman–Crippen LogP) is 3.09. The van der Waals surface area contributed by atoms with Gasteiger partial charge in [0.15, 0.2) is 0 Å². The maximum absolute atomic E-state index is 12.7. The summed E-state index contributed by atoms with van der Waals surface area (Å²) in [5, 5.41) is 4.15.